The number of para-hydroxylation sites is 2. The molecule has 0 amide bonds. The van der Waals surface area contributed by atoms with Gasteiger partial charge in [0.15, 0.2) is 0 Å². The number of rotatable bonds is 10. The highest BCUT2D eigenvalue weighted by Gasteiger charge is 2.15. The summed E-state index contributed by atoms with van der Waals surface area (Å²) in [6, 6.07) is 66.9. The number of nitrogens with zero attached hydrogens (tertiary/aromatic N) is 2. The fourth-order valence-electron chi connectivity index (χ4n) is 6.26. The Hall–Kier alpha value is -6.12. The summed E-state index contributed by atoms with van der Waals surface area (Å²) in [6.07, 6.45) is 1.87. The number of benzene rings is 7. The topological polar surface area (TPSA) is 6.48 Å². The van der Waals surface area contributed by atoms with Crippen LogP contribution in [0.4, 0.5) is 34.1 Å². The molecule has 0 aliphatic heterocycles. The van der Waals surface area contributed by atoms with Crippen LogP contribution >= 0.6 is 0 Å². The van der Waals surface area contributed by atoms with E-state index in [4.69, 9.17) is 0 Å². The zero-order valence-corrected chi connectivity index (χ0v) is 27.2. The van der Waals surface area contributed by atoms with Crippen molar-refractivity contribution in [3.63, 3.8) is 0 Å². The minimum absolute atomic E-state index is 0.327. The van der Waals surface area contributed by atoms with E-state index in [1.165, 1.54) is 22.3 Å². The molecule has 2 heteroatoms. The molecule has 0 bridgehead atoms. The normalized spacial score (nSPS) is 11.4. The van der Waals surface area contributed by atoms with Gasteiger partial charge < -0.3 is 9.80 Å². The predicted octanol–water partition coefficient (Wildman–Crippen LogP) is 13.1. The van der Waals surface area contributed by atoms with Gasteiger partial charge in [-0.1, -0.05) is 135 Å². The van der Waals surface area contributed by atoms with Crippen LogP contribution in [0.3, 0.4) is 0 Å². The first-order valence-electron chi connectivity index (χ1n) is 16.5. The van der Waals surface area contributed by atoms with Crippen molar-refractivity contribution < 1.29 is 0 Å². The summed E-state index contributed by atoms with van der Waals surface area (Å²) in [6.45, 7) is 6.18. The second kappa shape index (κ2) is 14.1. The summed E-state index contributed by atoms with van der Waals surface area (Å²) in [5.41, 5.74) is 12.8. The van der Waals surface area contributed by atoms with Gasteiger partial charge in [0.05, 0.1) is 0 Å². The lowest BCUT2D eigenvalue weighted by atomic mass is 9.93. The van der Waals surface area contributed by atoms with Crippen LogP contribution in [0.2, 0.25) is 0 Å². The molecule has 0 aromatic heterocycles. The van der Waals surface area contributed by atoms with Gasteiger partial charge in [-0.3, -0.25) is 0 Å². The van der Waals surface area contributed by atoms with Crippen LogP contribution in [0, 0.1) is 0 Å². The van der Waals surface area contributed by atoms with Crippen molar-refractivity contribution in [2.24, 2.45) is 0 Å². The molecule has 7 aromatic carbocycles. The van der Waals surface area contributed by atoms with Crippen LogP contribution in [-0.4, -0.2) is 0 Å². The van der Waals surface area contributed by atoms with Crippen molar-refractivity contribution in [2.45, 2.75) is 12.8 Å². The summed E-state index contributed by atoms with van der Waals surface area (Å²) < 4.78 is 0. The van der Waals surface area contributed by atoms with Gasteiger partial charge in [-0.15, -0.1) is 0 Å². The molecule has 0 saturated heterocycles. The molecule has 1 unspecified atom stereocenters. The van der Waals surface area contributed by atoms with Gasteiger partial charge in [-0.25, -0.2) is 0 Å². The van der Waals surface area contributed by atoms with E-state index >= 15 is 0 Å². The van der Waals surface area contributed by atoms with Gasteiger partial charge >= 0.3 is 0 Å². The predicted molar refractivity (Wildman–Crippen MR) is 205 cm³/mol. The molecule has 2 nitrogen and oxygen atoms in total. The van der Waals surface area contributed by atoms with Crippen molar-refractivity contribution in [3.8, 4) is 11.1 Å². The first-order valence-corrected chi connectivity index (χ1v) is 16.5. The molecule has 0 fully saturated rings. The largest absolute Gasteiger partial charge is 0.311 e. The summed E-state index contributed by atoms with van der Waals surface area (Å²) in [5.74, 6) is 0.327. The van der Waals surface area contributed by atoms with Crippen molar-refractivity contribution in [1.82, 2.24) is 0 Å². The molecule has 7 aromatic rings. The van der Waals surface area contributed by atoms with Crippen molar-refractivity contribution in [3.05, 3.63) is 211 Å². The minimum atomic E-state index is 0.327. The zero-order chi connectivity index (χ0) is 32.7. The smallest absolute Gasteiger partial charge is 0.0462 e. The first kappa shape index (κ1) is 30.5. The quantitative estimate of drug-likeness (QED) is 0.150. The molecule has 0 N–H and O–H groups in total. The standard InChI is InChI=1S/C46H38N2/c1-3-36-19-27-43(28-20-36)47(41-15-9-5-10-16-41)45-31-23-39(24-32-45)40-25-33-46(34-26-40)48(42-17-11-6-12-18-42)44-29-21-38(22-30-44)35(2)37-13-7-4-8-14-37/h3-35H,1H2,2H3. The second-order valence-electron chi connectivity index (χ2n) is 12.0. The number of hydrogen-bond acceptors (Lipinski definition) is 2. The van der Waals surface area contributed by atoms with Crippen LogP contribution < -0.4 is 9.80 Å². The van der Waals surface area contributed by atoms with Crippen LogP contribution in [-0.2, 0) is 0 Å². The highest BCUT2D eigenvalue weighted by Crippen LogP contribution is 2.38. The number of anilines is 6. The Bertz CT molecular complexity index is 2050. The summed E-state index contributed by atoms with van der Waals surface area (Å²) in [5, 5.41) is 0. The third-order valence-electron chi connectivity index (χ3n) is 8.95. The molecule has 0 heterocycles. The van der Waals surface area contributed by atoms with E-state index in [0.29, 0.717) is 5.92 Å². The molecule has 1 atom stereocenters. The third-order valence-corrected chi connectivity index (χ3v) is 8.95. The van der Waals surface area contributed by atoms with Gasteiger partial charge in [0.1, 0.15) is 0 Å². The maximum absolute atomic E-state index is 3.91. The Morgan fingerprint density at radius 3 is 1.08 bits per heavy atom. The van der Waals surface area contributed by atoms with Gasteiger partial charge in [0.25, 0.3) is 0 Å². The second-order valence-corrected chi connectivity index (χ2v) is 12.0. The molecule has 0 aliphatic rings. The Morgan fingerprint density at radius 2 is 0.688 bits per heavy atom. The van der Waals surface area contributed by atoms with Gasteiger partial charge in [-0.2, -0.15) is 0 Å². The lowest BCUT2D eigenvalue weighted by molar-refractivity contribution is 0.922. The van der Waals surface area contributed by atoms with Crippen molar-refractivity contribution in [2.75, 3.05) is 9.80 Å². The van der Waals surface area contributed by atoms with E-state index < -0.39 is 0 Å². The molecule has 232 valence electrons. The number of hydrogen-bond donors (Lipinski definition) is 0. The molecule has 0 aliphatic carbocycles. The zero-order valence-electron chi connectivity index (χ0n) is 27.2. The van der Waals surface area contributed by atoms with Gasteiger partial charge in [0, 0.05) is 40.0 Å². The SMILES string of the molecule is C=Cc1ccc(N(c2ccccc2)c2ccc(-c3ccc(N(c4ccccc4)c4ccc(C(C)c5ccccc5)cc4)cc3)cc2)cc1. The summed E-state index contributed by atoms with van der Waals surface area (Å²) in [7, 11) is 0. The lowest BCUT2D eigenvalue weighted by Gasteiger charge is -2.26. The van der Waals surface area contributed by atoms with E-state index in [0.717, 1.165) is 39.7 Å². The fraction of sp³-hybridized carbons (Fsp3) is 0.0435. The maximum atomic E-state index is 3.91. The minimum Gasteiger partial charge on any atom is -0.311 e. The average molecular weight is 619 g/mol. The van der Waals surface area contributed by atoms with Crippen molar-refractivity contribution >= 4 is 40.2 Å². The van der Waals surface area contributed by atoms with Gasteiger partial charge in [0.2, 0.25) is 0 Å². The molecule has 0 saturated carbocycles. The van der Waals surface area contributed by atoms with Crippen LogP contribution in [0.15, 0.2) is 195 Å². The van der Waals surface area contributed by atoms with E-state index in [-0.39, 0.29) is 0 Å². The molecule has 0 spiro atoms. The maximum Gasteiger partial charge on any atom is 0.0462 e. The highest BCUT2D eigenvalue weighted by atomic mass is 15.1. The Labute approximate surface area is 284 Å². The van der Waals surface area contributed by atoms with E-state index in [1.807, 2.05) is 6.08 Å². The van der Waals surface area contributed by atoms with E-state index in [9.17, 15) is 0 Å². The average Bonchev–Trinajstić information content (AvgIpc) is 3.17. The van der Waals surface area contributed by atoms with Crippen molar-refractivity contribution in [1.29, 1.82) is 0 Å². The van der Waals surface area contributed by atoms with Crippen LogP contribution in [0.5, 0.6) is 0 Å². The molecule has 0 radical (unpaired) electrons. The lowest BCUT2D eigenvalue weighted by Crippen LogP contribution is -2.10. The molecular weight excluding hydrogens is 581 g/mol. The summed E-state index contributed by atoms with van der Waals surface area (Å²) >= 11 is 0. The third kappa shape index (κ3) is 6.56. The molecule has 48 heavy (non-hydrogen) atoms. The van der Waals surface area contributed by atoms with Crippen LogP contribution in [0.25, 0.3) is 17.2 Å². The Morgan fingerprint density at radius 1 is 0.375 bits per heavy atom. The Kier molecular flexibility index (Phi) is 8.97. The highest BCUT2D eigenvalue weighted by molar-refractivity contribution is 5.81. The first-order chi connectivity index (χ1) is 23.7. The molecular formula is C46H38N2. The Balaban J connectivity index is 1.16. The van der Waals surface area contributed by atoms with E-state index in [2.05, 4.69) is 211 Å². The fourth-order valence-corrected chi connectivity index (χ4v) is 6.26. The van der Waals surface area contributed by atoms with Crippen LogP contribution in [0.1, 0.15) is 29.5 Å². The summed E-state index contributed by atoms with van der Waals surface area (Å²) in [4.78, 5) is 4.60. The van der Waals surface area contributed by atoms with Gasteiger partial charge in [-0.05, 0) is 101 Å². The monoisotopic (exact) mass is 618 g/mol. The van der Waals surface area contributed by atoms with E-state index in [1.54, 1.807) is 0 Å². The molecule has 7 rings (SSSR count).